The highest BCUT2D eigenvalue weighted by Gasteiger charge is 2.49. The molecular formula is C47H46O7. The van der Waals surface area contributed by atoms with E-state index in [4.69, 9.17) is 28.4 Å². The van der Waals surface area contributed by atoms with Crippen LogP contribution in [-0.2, 0) is 49.1 Å². The fraction of sp³-hybridized carbons (Fsp3) is 0.234. The zero-order chi connectivity index (χ0) is 37.0. The molecule has 1 saturated heterocycles. The fourth-order valence-electron chi connectivity index (χ4n) is 7.02. The lowest BCUT2D eigenvalue weighted by Crippen LogP contribution is -2.61. The third-order valence-electron chi connectivity index (χ3n) is 9.79. The van der Waals surface area contributed by atoms with Crippen LogP contribution in [0.3, 0.4) is 0 Å². The van der Waals surface area contributed by atoms with Gasteiger partial charge in [0.15, 0.2) is 6.29 Å². The summed E-state index contributed by atoms with van der Waals surface area (Å²) in [5, 5.41) is 11.8. The maximum Gasteiger partial charge on any atom is 0.184 e. The van der Waals surface area contributed by atoms with Crippen molar-refractivity contribution in [1.29, 1.82) is 0 Å². The van der Waals surface area contributed by atoms with Crippen molar-refractivity contribution >= 4 is 0 Å². The van der Waals surface area contributed by atoms with Gasteiger partial charge in [-0.2, -0.15) is 0 Å². The molecule has 1 aliphatic heterocycles. The Kier molecular flexibility index (Phi) is 12.6. The molecule has 0 spiro atoms. The third kappa shape index (κ3) is 8.80. The normalized spacial score (nSPS) is 20.0. The van der Waals surface area contributed by atoms with Crippen LogP contribution in [0.4, 0.5) is 0 Å². The number of hydrogen-bond acceptors (Lipinski definition) is 7. The Morgan fingerprint density at radius 3 is 1.31 bits per heavy atom. The first-order chi connectivity index (χ1) is 26.6. The maximum atomic E-state index is 11.8. The van der Waals surface area contributed by atoms with Gasteiger partial charge in [0.2, 0.25) is 0 Å². The summed E-state index contributed by atoms with van der Waals surface area (Å²) in [7, 11) is 1.63. The largest absolute Gasteiger partial charge is 0.497 e. The van der Waals surface area contributed by atoms with Gasteiger partial charge >= 0.3 is 0 Å². The molecular weight excluding hydrogens is 677 g/mol. The summed E-state index contributed by atoms with van der Waals surface area (Å²) in [6.45, 7) is 0.845. The van der Waals surface area contributed by atoms with Gasteiger partial charge in [-0.05, 0) is 45.5 Å². The van der Waals surface area contributed by atoms with Crippen LogP contribution in [0.15, 0.2) is 176 Å². The molecule has 0 saturated carbocycles. The first-order valence-electron chi connectivity index (χ1n) is 18.3. The van der Waals surface area contributed by atoms with Crippen LogP contribution in [0.25, 0.3) is 0 Å². The van der Waals surface area contributed by atoms with Gasteiger partial charge in [-0.15, -0.1) is 0 Å². The minimum atomic E-state index is -1.34. The van der Waals surface area contributed by atoms with E-state index in [9.17, 15) is 5.11 Å². The topological polar surface area (TPSA) is 75.6 Å². The lowest BCUT2D eigenvalue weighted by atomic mass is 9.80. The minimum absolute atomic E-state index is 0.0611. The Morgan fingerprint density at radius 2 is 0.870 bits per heavy atom. The van der Waals surface area contributed by atoms with Crippen molar-refractivity contribution in [2.24, 2.45) is 0 Å². The monoisotopic (exact) mass is 722 g/mol. The smallest absolute Gasteiger partial charge is 0.184 e. The highest BCUT2D eigenvalue weighted by molar-refractivity contribution is 5.47. The van der Waals surface area contributed by atoms with Gasteiger partial charge in [-0.1, -0.05) is 164 Å². The molecule has 1 N–H and O–H groups in total. The van der Waals surface area contributed by atoms with Crippen molar-refractivity contribution in [2.75, 3.05) is 13.7 Å². The van der Waals surface area contributed by atoms with Gasteiger partial charge in [-0.3, -0.25) is 0 Å². The predicted octanol–water partition coefficient (Wildman–Crippen LogP) is 8.48. The van der Waals surface area contributed by atoms with Crippen molar-refractivity contribution in [3.63, 3.8) is 0 Å². The SMILES string of the molecule is COc1ccc(CO[C@@H]2[C@@H](OCc3ccccc3)[C@H](OCc3ccccc3)[C@@H](COC(c3ccccc3)(c3ccccc3)c3ccccc3)O[C@@H]2O)cc1. The van der Waals surface area contributed by atoms with Gasteiger partial charge < -0.3 is 33.5 Å². The summed E-state index contributed by atoms with van der Waals surface area (Å²) in [5.41, 5.74) is 4.75. The zero-order valence-electron chi connectivity index (χ0n) is 30.4. The molecule has 7 heteroatoms. The van der Waals surface area contributed by atoms with Crippen molar-refractivity contribution in [3.8, 4) is 5.75 Å². The van der Waals surface area contributed by atoms with E-state index < -0.39 is 36.3 Å². The van der Waals surface area contributed by atoms with Crippen molar-refractivity contribution < 1.29 is 33.5 Å². The lowest BCUT2D eigenvalue weighted by molar-refractivity contribution is -0.319. The molecule has 7 rings (SSSR count). The molecule has 54 heavy (non-hydrogen) atoms. The number of ether oxygens (including phenoxy) is 6. The summed E-state index contributed by atoms with van der Waals surface area (Å²) in [6, 6.07) is 58.1. The number of aliphatic hydroxyl groups is 1. The second-order valence-corrected chi connectivity index (χ2v) is 13.3. The predicted molar refractivity (Wildman–Crippen MR) is 208 cm³/mol. The Morgan fingerprint density at radius 1 is 0.481 bits per heavy atom. The third-order valence-corrected chi connectivity index (χ3v) is 9.79. The number of aliphatic hydroxyl groups excluding tert-OH is 1. The molecule has 1 fully saturated rings. The van der Waals surface area contributed by atoms with Gasteiger partial charge in [0.1, 0.15) is 35.8 Å². The molecule has 0 unspecified atom stereocenters. The van der Waals surface area contributed by atoms with E-state index in [0.717, 1.165) is 39.1 Å². The van der Waals surface area contributed by atoms with E-state index in [2.05, 4.69) is 36.4 Å². The molecule has 0 bridgehead atoms. The number of hydrogen-bond donors (Lipinski definition) is 1. The van der Waals surface area contributed by atoms with Crippen LogP contribution in [0.5, 0.6) is 5.75 Å². The number of benzene rings is 6. The van der Waals surface area contributed by atoms with E-state index in [-0.39, 0.29) is 19.8 Å². The number of rotatable bonds is 16. The Hall–Kier alpha value is -5.12. The molecule has 6 aromatic carbocycles. The van der Waals surface area contributed by atoms with Crippen LogP contribution in [-0.4, -0.2) is 49.5 Å². The molecule has 0 amide bonds. The van der Waals surface area contributed by atoms with E-state index in [1.165, 1.54) is 0 Å². The van der Waals surface area contributed by atoms with E-state index in [1.54, 1.807) is 7.11 Å². The van der Waals surface area contributed by atoms with E-state index in [0.29, 0.717) is 6.61 Å². The van der Waals surface area contributed by atoms with E-state index >= 15 is 0 Å². The highest BCUT2D eigenvalue weighted by Crippen LogP contribution is 2.41. The Labute approximate surface area is 317 Å². The molecule has 0 radical (unpaired) electrons. The average molecular weight is 723 g/mol. The summed E-state index contributed by atoms with van der Waals surface area (Å²) >= 11 is 0. The molecule has 1 heterocycles. The molecule has 0 aromatic heterocycles. The Bertz CT molecular complexity index is 1860. The summed E-state index contributed by atoms with van der Waals surface area (Å²) in [5.74, 6) is 0.749. The van der Waals surface area contributed by atoms with Crippen molar-refractivity contribution in [3.05, 3.63) is 209 Å². The van der Waals surface area contributed by atoms with Gasteiger partial charge in [0.05, 0.1) is 33.5 Å². The first-order valence-corrected chi connectivity index (χ1v) is 18.3. The number of methoxy groups -OCH3 is 1. The second-order valence-electron chi connectivity index (χ2n) is 13.3. The first kappa shape index (κ1) is 37.2. The van der Waals surface area contributed by atoms with Crippen molar-refractivity contribution in [2.45, 2.75) is 56.1 Å². The maximum absolute atomic E-state index is 11.8. The minimum Gasteiger partial charge on any atom is -0.497 e. The summed E-state index contributed by atoms with van der Waals surface area (Å²) in [6.07, 6.45) is -4.40. The molecule has 276 valence electrons. The molecule has 1 aliphatic rings. The standard InChI is InChI=1S/C47H46O7/c1-49-41-29-27-37(28-30-41)33-52-45-44(51-32-36-19-9-3-10-20-36)43(50-31-35-17-7-2-8-18-35)42(54-46(45)48)34-53-47(38-21-11-4-12-22-38,39-23-13-5-14-24-39)40-25-15-6-16-26-40/h2-30,42-46,48H,31-34H2,1H3/t42-,43-,44+,45-,46+/m1/s1. The van der Waals surface area contributed by atoms with Gasteiger partial charge in [0.25, 0.3) is 0 Å². The van der Waals surface area contributed by atoms with E-state index in [1.807, 2.05) is 140 Å². The molecule has 7 nitrogen and oxygen atoms in total. The molecule has 6 aromatic rings. The van der Waals surface area contributed by atoms with Gasteiger partial charge in [-0.25, -0.2) is 0 Å². The highest BCUT2D eigenvalue weighted by atomic mass is 16.7. The van der Waals surface area contributed by atoms with Crippen LogP contribution >= 0.6 is 0 Å². The van der Waals surface area contributed by atoms with Crippen LogP contribution in [0, 0.1) is 0 Å². The Balaban J connectivity index is 1.25. The molecule has 5 atom stereocenters. The van der Waals surface area contributed by atoms with Crippen molar-refractivity contribution in [1.82, 2.24) is 0 Å². The lowest BCUT2D eigenvalue weighted by Gasteiger charge is -2.45. The summed E-state index contributed by atoms with van der Waals surface area (Å²) < 4.78 is 39.1. The zero-order valence-corrected chi connectivity index (χ0v) is 30.4. The quantitative estimate of drug-likeness (QED) is 0.101. The van der Waals surface area contributed by atoms with Crippen LogP contribution in [0.2, 0.25) is 0 Å². The second kappa shape index (κ2) is 18.3. The van der Waals surface area contributed by atoms with Crippen LogP contribution in [0.1, 0.15) is 33.4 Å². The average Bonchev–Trinajstić information content (AvgIpc) is 3.24. The summed E-state index contributed by atoms with van der Waals surface area (Å²) in [4.78, 5) is 0. The van der Waals surface area contributed by atoms with Gasteiger partial charge in [0, 0.05) is 0 Å². The fourth-order valence-corrected chi connectivity index (χ4v) is 7.02. The molecule has 0 aliphatic carbocycles. The van der Waals surface area contributed by atoms with Crippen LogP contribution < -0.4 is 4.74 Å².